The number of aldehydes is 1. The molecule has 2 saturated heterocycles. The van der Waals surface area contributed by atoms with Gasteiger partial charge in [-0.2, -0.15) is 0 Å². The topological polar surface area (TPSA) is 221 Å². The first-order chi connectivity index (χ1) is 40.0. The molecule has 0 spiro atoms. The molecule has 0 saturated carbocycles. The van der Waals surface area contributed by atoms with Crippen LogP contribution >= 0.6 is 11.8 Å². The fourth-order valence-corrected chi connectivity index (χ4v) is 10.6. The van der Waals surface area contributed by atoms with E-state index in [0.717, 1.165) is 25.1 Å². The van der Waals surface area contributed by atoms with E-state index in [2.05, 4.69) is 28.7 Å². The summed E-state index contributed by atoms with van der Waals surface area (Å²) in [6, 6.07) is 9.74. The molecule has 2 fully saturated rings. The molecule has 0 bridgehead atoms. The number of hydrogen-bond acceptors (Lipinski definition) is 18. The summed E-state index contributed by atoms with van der Waals surface area (Å²) in [7, 11) is 3.83. The number of ketones is 1. The Morgan fingerprint density at radius 3 is 1.81 bits per heavy atom. The molecule has 0 radical (unpaired) electrons. The van der Waals surface area contributed by atoms with E-state index < -0.39 is 0 Å². The first-order valence-electron chi connectivity index (χ1n) is 28.7. The molecule has 7 rings (SSSR count). The number of benzene rings is 2. The van der Waals surface area contributed by atoms with Crippen LogP contribution in [-0.2, 0) is 48.4 Å². The van der Waals surface area contributed by atoms with Gasteiger partial charge in [0.05, 0.1) is 110 Å². The number of ether oxygens (including phenoxy) is 7. The third-order valence-corrected chi connectivity index (χ3v) is 15.7. The van der Waals surface area contributed by atoms with Gasteiger partial charge in [0.2, 0.25) is 5.91 Å². The second-order valence-corrected chi connectivity index (χ2v) is 22.8. The Morgan fingerprint density at radius 2 is 1.28 bits per heavy atom. The average molecular weight is 1170 g/mol. The maximum absolute atomic E-state index is 13.7. The number of carbonyl (C=O) groups excluding carboxylic acids is 5. The summed E-state index contributed by atoms with van der Waals surface area (Å²) in [5, 5.41) is 10.4. The molecular weight excluding hydrogens is 1080 g/mol. The molecule has 4 aliphatic rings. The van der Waals surface area contributed by atoms with Gasteiger partial charge in [0.1, 0.15) is 42.9 Å². The van der Waals surface area contributed by atoms with Crippen LogP contribution in [0, 0.1) is 0 Å². The summed E-state index contributed by atoms with van der Waals surface area (Å²) in [5.74, 6) is 1.55. The minimum atomic E-state index is -0.362. The first-order valence-corrected chi connectivity index (χ1v) is 29.7. The van der Waals surface area contributed by atoms with Crippen molar-refractivity contribution in [2.24, 2.45) is 9.98 Å². The Bertz CT molecular complexity index is 2820. The summed E-state index contributed by atoms with van der Waals surface area (Å²) in [5.41, 5.74) is 5.60. The lowest BCUT2D eigenvalue weighted by Crippen LogP contribution is -2.38. The number of carbonyl (C=O) groups is 5. The third-order valence-electron chi connectivity index (χ3n) is 14.4. The Hall–Kier alpha value is -6.33. The molecule has 0 aliphatic carbocycles. The van der Waals surface area contributed by atoms with Crippen LogP contribution in [0.5, 0.6) is 17.2 Å². The van der Waals surface area contributed by atoms with Gasteiger partial charge in [0.15, 0.2) is 6.29 Å². The molecule has 1 aromatic heterocycles. The number of rotatable bonds is 32. The van der Waals surface area contributed by atoms with Gasteiger partial charge >= 0.3 is 0 Å². The van der Waals surface area contributed by atoms with Crippen LogP contribution in [0.15, 0.2) is 69.7 Å². The van der Waals surface area contributed by atoms with Crippen molar-refractivity contribution in [3.05, 3.63) is 93.3 Å². The van der Waals surface area contributed by atoms with E-state index in [-0.39, 0.29) is 71.5 Å². The van der Waals surface area contributed by atoms with E-state index in [9.17, 15) is 29.1 Å². The number of nitrogens with zero attached hydrogens (tertiary/aromatic N) is 7. The molecule has 5 heterocycles. The molecule has 3 amide bonds. The number of hydrogen-bond donors (Lipinski definition) is 1. The SMILES string of the molecule is C/C=C1\C[C@H]2C=Nc3cc(OCc4cc(OCCN(C)CC(C)(C)SCC(=O)N(C)CC)cc(COc5cc6c(cc5CO)C(=O)N5C/C(=C/C)C[C@H]5C=N6)n4)c(C=O)cc3C(=O)N2C1.CCOCCOCCOCCOCCC(=O)CC. The number of pyridine rings is 1. The molecule has 83 heavy (non-hydrogen) atoms. The van der Waals surface area contributed by atoms with Crippen LogP contribution in [-0.4, -0.2) is 201 Å². The van der Waals surface area contributed by atoms with E-state index >= 15 is 0 Å². The van der Waals surface area contributed by atoms with Gasteiger partial charge in [0.25, 0.3) is 11.8 Å². The fraction of sp³-hybridized carbons (Fsp3) is 0.548. The monoisotopic (exact) mass is 1170 g/mol. The highest BCUT2D eigenvalue weighted by Crippen LogP contribution is 2.38. The maximum atomic E-state index is 13.7. The number of allylic oxidation sites excluding steroid dienone is 2. The molecule has 2 aromatic carbocycles. The zero-order valence-electron chi connectivity index (χ0n) is 49.9. The maximum Gasteiger partial charge on any atom is 0.256 e. The quantitative estimate of drug-likeness (QED) is 0.0355. The number of likely N-dealkylation sites (N-methyl/N-ethyl adjacent to an activating group) is 1. The largest absolute Gasteiger partial charge is 0.492 e. The van der Waals surface area contributed by atoms with Crippen molar-refractivity contribution in [2.75, 3.05) is 112 Å². The van der Waals surface area contributed by atoms with E-state index in [1.54, 1.807) is 69.2 Å². The number of aliphatic hydroxyl groups excluding tert-OH is 1. The summed E-state index contributed by atoms with van der Waals surface area (Å²) in [4.78, 5) is 84.8. The number of fused-ring (bicyclic) bond motifs is 4. The summed E-state index contributed by atoms with van der Waals surface area (Å²) < 4.78 is 39.7. The Balaban J connectivity index is 0.000000529. The number of aliphatic imine (C=N–C) groups is 2. The van der Waals surface area contributed by atoms with E-state index in [0.29, 0.717) is 161 Å². The smallest absolute Gasteiger partial charge is 0.256 e. The van der Waals surface area contributed by atoms with Crippen LogP contribution in [0.1, 0.15) is 122 Å². The van der Waals surface area contributed by atoms with Crippen LogP contribution < -0.4 is 14.2 Å². The van der Waals surface area contributed by atoms with Crippen molar-refractivity contribution in [3.63, 3.8) is 0 Å². The van der Waals surface area contributed by atoms with Gasteiger partial charge < -0.3 is 57.9 Å². The second-order valence-electron chi connectivity index (χ2n) is 21.1. The highest BCUT2D eigenvalue weighted by molar-refractivity contribution is 8.01. The number of amides is 3. The molecule has 20 nitrogen and oxygen atoms in total. The van der Waals surface area contributed by atoms with Crippen molar-refractivity contribution in [1.82, 2.24) is 24.6 Å². The van der Waals surface area contributed by atoms with E-state index in [1.165, 1.54) is 11.6 Å². The van der Waals surface area contributed by atoms with Crippen molar-refractivity contribution in [2.45, 2.75) is 111 Å². The molecule has 452 valence electrons. The molecule has 1 N–H and O–H groups in total. The fourth-order valence-electron chi connectivity index (χ4n) is 9.52. The minimum absolute atomic E-state index is 0.0217. The third kappa shape index (κ3) is 19.6. The summed E-state index contributed by atoms with van der Waals surface area (Å²) >= 11 is 1.63. The van der Waals surface area contributed by atoms with Crippen LogP contribution in [0.25, 0.3) is 0 Å². The zero-order chi connectivity index (χ0) is 59.9. The molecule has 21 heteroatoms. The normalized spacial score (nSPS) is 17.2. The van der Waals surface area contributed by atoms with Gasteiger partial charge in [-0.15, -0.1) is 11.8 Å². The summed E-state index contributed by atoms with van der Waals surface area (Å²) in [6.07, 6.45) is 10.8. The predicted molar refractivity (Wildman–Crippen MR) is 322 cm³/mol. The predicted octanol–water partition coefficient (Wildman–Crippen LogP) is 8.04. The second kappa shape index (κ2) is 33.2. The minimum Gasteiger partial charge on any atom is -0.492 e. The number of thioether (sulfide) groups is 1. The molecular formula is C62H85N7O13S. The standard InChI is InChI=1S/C49H59N7O8S.C13H26O5/c1-8-31-13-37-21-50-42-19-44(33(25-57)15-40(42)47(60)55(37)23-31)63-27-35-17-39(62-12-11-53(6)30-49(4,5)65-29-46(59)54(7)10-3)18-36(52-35)28-64-45-20-43-41(16-34(45)26-58)48(61)56-24-32(9-2)14-38(56)22-51-43;1-3-13(14)5-6-16-9-10-18-12-11-17-8-7-15-4-2/h8-9,15-22,25,37-38,58H,10-14,23-24,26-30H2,1-7H3;3-12H2,1-2H3/b31-8+,32-9+;/t37-,38-;/m0./s1. The lowest BCUT2D eigenvalue weighted by atomic mass is 10.1. The van der Waals surface area contributed by atoms with E-state index in [4.69, 9.17) is 38.1 Å². The highest BCUT2D eigenvalue weighted by Gasteiger charge is 2.36. The molecule has 2 atom stereocenters. The average Bonchev–Trinajstić information content (AvgIpc) is 4.24. The lowest BCUT2D eigenvalue weighted by Gasteiger charge is -2.30. The summed E-state index contributed by atoms with van der Waals surface area (Å²) in [6.45, 7) is 21.5. The lowest BCUT2D eigenvalue weighted by molar-refractivity contribution is -0.127. The zero-order valence-corrected chi connectivity index (χ0v) is 50.8. The number of aromatic nitrogens is 1. The van der Waals surface area contributed by atoms with Crippen molar-refractivity contribution < 1.29 is 62.2 Å². The van der Waals surface area contributed by atoms with Crippen molar-refractivity contribution in [3.8, 4) is 17.2 Å². The van der Waals surface area contributed by atoms with Gasteiger partial charge in [0, 0.05) is 106 Å². The van der Waals surface area contributed by atoms with Crippen LogP contribution in [0.4, 0.5) is 11.4 Å². The highest BCUT2D eigenvalue weighted by atomic mass is 32.2. The van der Waals surface area contributed by atoms with Crippen LogP contribution in [0.3, 0.4) is 0 Å². The Kier molecular flexibility index (Phi) is 26.4. The number of aliphatic hydroxyl groups is 1. The Labute approximate surface area is 493 Å². The van der Waals surface area contributed by atoms with Gasteiger partial charge in [-0.05, 0) is 73.6 Å². The Morgan fingerprint density at radius 1 is 0.735 bits per heavy atom. The van der Waals surface area contributed by atoms with Gasteiger partial charge in [-0.3, -0.25) is 38.9 Å². The van der Waals surface area contributed by atoms with Gasteiger partial charge in [-0.1, -0.05) is 30.2 Å². The van der Waals surface area contributed by atoms with Crippen molar-refractivity contribution >= 4 is 65.4 Å². The van der Waals surface area contributed by atoms with Gasteiger partial charge in [-0.25, -0.2) is 0 Å². The molecule has 4 aliphatic heterocycles. The number of Topliss-reactive ketones (excluding diaryl/α,β-unsaturated/α-hetero) is 1. The van der Waals surface area contributed by atoms with E-state index in [1.807, 2.05) is 60.9 Å². The van der Waals surface area contributed by atoms with Crippen molar-refractivity contribution in [1.29, 1.82) is 0 Å². The first kappa shape index (κ1) is 65.8. The van der Waals surface area contributed by atoms with Crippen LogP contribution in [0.2, 0.25) is 0 Å². The molecule has 0 unspecified atom stereocenters. The molecule has 3 aromatic rings.